The third-order valence-electron chi connectivity index (χ3n) is 3.26. The molecule has 0 unspecified atom stereocenters. The van der Waals surface area contributed by atoms with Gasteiger partial charge in [-0.2, -0.15) is 0 Å². The Balaban J connectivity index is 2.09. The van der Waals surface area contributed by atoms with Crippen LogP contribution in [0.15, 0.2) is 18.2 Å². The summed E-state index contributed by atoms with van der Waals surface area (Å²) in [6, 6.07) is 5.51. The van der Waals surface area contributed by atoms with Gasteiger partial charge >= 0.3 is 0 Å². The zero-order valence-corrected chi connectivity index (χ0v) is 12.0. The molecular weight excluding hydrogens is 268 g/mol. The number of hydrogen-bond acceptors (Lipinski definition) is 3. The van der Waals surface area contributed by atoms with Gasteiger partial charge in [-0.05, 0) is 31.0 Å². The Labute approximate surface area is 124 Å². The van der Waals surface area contributed by atoms with E-state index in [-0.39, 0.29) is 25.0 Å². The van der Waals surface area contributed by atoms with Crippen molar-refractivity contribution in [2.75, 3.05) is 25.0 Å². The van der Waals surface area contributed by atoms with Crippen LogP contribution in [0.1, 0.15) is 24.0 Å². The number of anilines is 1. The fourth-order valence-corrected chi connectivity index (χ4v) is 2.24. The second kappa shape index (κ2) is 6.91. The molecule has 1 saturated heterocycles. The minimum atomic E-state index is -0.233. The van der Waals surface area contributed by atoms with E-state index in [0.29, 0.717) is 24.2 Å². The summed E-state index contributed by atoms with van der Waals surface area (Å²) in [5.74, 6) is 5.16. The van der Waals surface area contributed by atoms with Crippen LogP contribution in [0.3, 0.4) is 0 Å². The number of carbonyl (C=O) groups is 2. The zero-order valence-electron chi connectivity index (χ0n) is 12.0. The maximum atomic E-state index is 12.0. The van der Waals surface area contributed by atoms with Crippen LogP contribution in [0.5, 0.6) is 0 Å². The van der Waals surface area contributed by atoms with E-state index in [4.69, 9.17) is 5.11 Å². The van der Waals surface area contributed by atoms with E-state index in [0.717, 1.165) is 12.0 Å². The first-order valence-corrected chi connectivity index (χ1v) is 6.88. The molecule has 1 aromatic carbocycles. The summed E-state index contributed by atoms with van der Waals surface area (Å²) in [6.07, 6.45) is 1.33. The Bertz CT molecular complexity index is 614. The molecule has 0 spiro atoms. The highest BCUT2D eigenvalue weighted by Crippen LogP contribution is 2.17. The van der Waals surface area contributed by atoms with E-state index >= 15 is 0 Å². The third kappa shape index (κ3) is 4.07. The van der Waals surface area contributed by atoms with Crippen LogP contribution in [0, 0.1) is 18.8 Å². The number of nitrogens with zero attached hydrogens (tertiary/aromatic N) is 1. The molecule has 1 fully saturated rings. The lowest BCUT2D eigenvalue weighted by atomic mass is 10.1. The first-order chi connectivity index (χ1) is 10.1. The van der Waals surface area contributed by atoms with Crippen molar-refractivity contribution in [2.45, 2.75) is 19.8 Å². The van der Waals surface area contributed by atoms with Crippen molar-refractivity contribution >= 4 is 17.5 Å². The van der Waals surface area contributed by atoms with E-state index in [1.54, 1.807) is 11.0 Å². The molecular formula is C16H18N2O3. The lowest BCUT2D eigenvalue weighted by Crippen LogP contribution is -2.34. The van der Waals surface area contributed by atoms with Crippen LogP contribution >= 0.6 is 0 Å². The fourth-order valence-electron chi connectivity index (χ4n) is 2.24. The van der Waals surface area contributed by atoms with E-state index in [1.165, 1.54) is 0 Å². The molecule has 110 valence electrons. The van der Waals surface area contributed by atoms with Gasteiger partial charge in [0, 0.05) is 18.5 Å². The number of aliphatic hydroxyl groups is 1. The van der Waals surface area contributed by atoms with Crippen molar-refractivity contribution in [3.63, 3.8) is 0 Å². The van der Waals surface area contributed by atoms with Crippen molar-refractivity contribution < 1.29 is 14.7 Å². The van der Waals surface area contributed by atoms with Crippen molar-refractivity contribution in [1.29, 1.82) is 0 Å². The van der Waals surface area contributed by atoms with Crippen LogP contribution < -0.4 is 5.32 Å². The van der Waals surface area contributed by atoms with Crippen LogP contribution in [-0.2, 0) is 9.59 Å². The summed E-state index contributed by atoms with van der Waals surface area (Å²) < 4.78 is 0. The number of rotatable bonds is 3. The monoisotopic (exact) mass is 286 g/mol. The Morgan fingerprint density at radius 1 is 1.48 bits per heavy atom. The Morgan fingerprint density at radius 2 is 2.29 bits per heavy atom. The Morgan fingerprint density at radius 3 is 2.95 bits per heavy atom. The van der Waals surface area contributed by atoms with Gasteiger partial charge in [-0.1, -0.05) is 17.9 Å². The van der Waals surface area contributed by atoms with Gasteiger partial charge in [0.15, 0.2) is 0 Å². The van der Waals surface area contributed by atoms with Crippen molar-refractivity contribution in [2.24, 2.45) is 0 Å². The lowest BCUT2D eigenvalue weighted by molar-refractivity contribution is -0.131. The smallest absolute Gasteiger partial charge is 0.244 e. The van der Waals surface area contributed by atoms with E-state index in [9.17, 15) is 9.59 Å². The molecule has 0 atom stereocenters. The van der Waals surface area contributed by atoms with Crippen molar-refractivity contribution in [3.8, 4) is 11.8 Å². The standard InChI is InChI=1S/C16H18N2O3/c1-12-6-7-13(4-3-9-19)14(10-12)17-15(20)11-18-8-2-5-16(18)21/h6-7,10,19H,2,5,8-9,11H2,1H3,(H,17,20). The van der Waals surface area contributed by atoms with Gasteiger partial charge in [0.2, 0.25) is 11.8 Å². The van der Waals surface area contributed by atoms with Gasteiger partial charge in [-0.25, -0.2) is 0 Å². The minimum Gasteiger partial charge on any atom is -0.384 e. The molecule has 0 bridgehead atoms. The number of aryl methyl sites for hydroxylation is 1. The zero-order chi connectivity index (χ0) is 15.2. The Kier molecular flexibility index (Phi) is 4.96. The number of amides is 2. The predicted octanol–water partition coefficient (Wildman–Crippen LogP) is 0.900. The van der Waals surface area contributed by atoms with E-state index in [1.807, 2.05) is 19.1 Å². The number of carbonyl (C=O) groups excluding carboxylic acids is 2. The average Bonchev–Trinajstić information content (AvgIpc) is 2.83. The van der Waals surface area contributed by atoms with Gasteiger partial charge in [0.1, 0.15) is 6.61 Å². The highest BCUT2D eigenvalue weighted by Gasteiger charge is 2.22. The average molecular weight is 286 g/mol. The number of nitrogens with one attached hydrogen (secondary N) is 1. The quantitative estimate of drug-likeness (QED) is 0.811. The Hall–Kier alpha value is -2.32. The van der Waals surface area contributed by atoms with Crippen LogP contribution in [-0.4, -0.2) is 41.5 Å². The maximum Gasteiger partial charge on any atom is 0.244 e. The van der Waals surface area contributed by atoms with E-state index < -0.39 is 0 Å². The highest BCUT2D eigenvalue weighted by molar-refractivity contribution is 5.96. The summed E-state index contributed by atoms with van der Waals surface area (Å²) in [5, 5.41) is 11.6. The summed E-state index contributed by atoms with van der Waals surface area (Å²) in [7, 11) is 0. The summed E-state index contributed by atoms with van der Waals surface area (Å²) in [5.41, 5.74) is 2.25. The number of benzene rings is 1. The van der Waals surface area contributed by atoms with Gasteiger partial charge in [0.05, 0.1) is 12.2 Å². The predicted molar refractivity (Wildman–Crippen MR) is 79.6 cm³/mol. The SMILES string of the molecule is Cc1ccc(C#CCO)c(NC(=O)CN2CCCC2=O)c1. The molecule has 2 rings (SSSR count). The van der Waals surface area contributed by atoms with Crippen molar-refractivity contribution in [3.05, 3.63) is 29.3 Å². The van der Waals surface area contributed by atoms with Crippen molar-refractivity contribution in [1.82, 2.24) is 4.90 Å². The van der Waals surface area contributed by atoms with Crippen LogP contribution in [0.4, 0.5) is 5.69 Å². The molecule has 2 N–H and O–H groups in total. The summed E-state index contributed by atoms with van der Waals surface area (Å²) >= 11 is 0. The largest absolute Gasteiger partial charge is 0.384 e. The van der Waals surface area contributed by atoms with Crippen LogP contribution in [0.2, 0.25) is 0 Å². The molecule has 0 saturated carbocycles. The first-order valence-electron chi connectivity index (χ1n) is 6.88. The van der Waals surface area contributed by atoms with Crippen LogP contribution in [0.25, 0.3) is 0 Å². The topological polar surface area (TPSA) is 69.6 Å². The van der Waals surface area contributed by atoms with Gasteiger partial charge < -0.3 is 15.3 Å². The molecule has 2 amide bonds. The molecule has 0 radical (unpaired) electrons. The molecule has 21 heavy (non-hydrogen) atoms. The summed E-state index contributed by atoms with van der Waals surface area (Å²) in [4.78, 5) is 25.1. The number of aliphatic hydroxyl groups excluding tert-OH is 1. The van der Waals surface area contributed by atoms with E-state index in [2.05, 4.69) is 17.2 Å². The number of likely N-dealkylation sites (tertiary alicyclic amines) is 1. The minimum absolute atomic E-state index is 0.0229. The third-order valence-corrected chi connectivity index (χ3v) is 3.26. The maximum absolute atomic E-state index is 12.0. The van der Waals surface area contributed by atoms with Gasteiger partial charge in [0.25, 0.3) is 0 Å². The second-order valence-corrected chi connectivity index (χ2v) is 4.98. The normalized spacial score (nSPS) is 13.8. The molecule has 0 aliphatic carbocycles. The first kappa shape index (κ1) is 15.1. The number of hydrogen-bond donors (Lipinski definition) is 2. The molecule has 1 heterocycles. The molecule has 0 aromatic heterocycles. The molecule has 5 nitrogen and oxygen atoms in total. The van der Waals surface area contributed by atoms with Gasteiger partial charge in [-0.15, -0.1) is 0 Å². The fraction of sp³-hybridized carbons (Fsp3) is 0.375. The summed E-state index contributed by atoms with van der Waals surface area (Å²) in [6.45, 7) is 2.39. The van der Waals surface area contributed by atoms with Gasteiger partial charge in [-0.3, -0.25) is 9.59 Å². The molecule has 5 heteroatoms. The molecule has 1 aliphatic heterocycles. The second-order valence-electron chi connectivity index (χ2n) is 4.98. The molecule has 1 aromatic rings. The highest BCUT2D eigenvalue weighted by atomic mass is 16.2. The lowest BCUT2D eigenvalue weighted by Gasteiger charge is -2.15. The molecule has 1 aliphatic rings.